The molecule has 0 saturated carbocycles. The maximum absolute atomic E-state index is 3.63. The molecule has 0 aliphatic carbocycles. The highest BCUT2D eigenvalue weighted by atomic mass is 32.2. The summed E-state index contributed by atoms with van der Waals surface area (Å²) in [5.41, 5.74) is 0.463. The predicted molar refractivity (Wildman–Crippen MR) is 78.3 cm³/mol. The van der Waals surface area contributed by atoms with E-state index in [1.807, 2.05) is 11.8 Å². The summed E-state index contributed by atoms with van der Waals surface area (Å²) in [5.74, 6) is 2.81. The molecule has 0 fully saturated rings. The number of rotatable bonds is 9. The topological polar surface area (TPSA) is 12.0 Å². The van der Waals surface area contributed by atoms with Crippen LogP contribution in [0.25, 0.3) is 0 Å². The van der Waals surface area contributed by atoms with Gasteiger partial charge in [0.15, 0.2) is 0 Å². The van der Waals surface area contributed by atoms with Gasteiger partial charge in [0.25, 0.3) is 0 Å². The van der Waals surface area contributed by atoms with Crippen molar-refractivity contribution >= 4 is 11.8 Å². The molecule has 0 bridgehead atoms. The molecule has 1 unspecified atom stereocenters. The second-order valence-corrected chi connectivity index (χ2v) is 6.92. The minimum atomic E-state index is 0.463. The Balaban J connectivity index is 4.01. The number of hydrogen-bond acceptors (Lipinski definition) is 2. The summed E-state index contributed by atoms with van der Waals surface area (Å²) in [5, 5.41) is 3.63. The van der Waals surface area contributed by atoms with Gasteiger partial charge in [0, 0.05) is 6.54 Å². The van der Waals surface area contributed by atoms with Crippen LogP contribution in [0.1, 0.15) is 47.5 Å². The van der Waals surface area contributed by atoms with Gasteiger partial charge < -0.3 is 5.32 Å². The normalized spacial score (nSPS) is 15.8. The molecule has 98 valence electrons. The first kappa shape index (κ1) is 16.3. The Morgan fingerprint density at radius 2 is 1.81 bits per heavy atom. The number of hydrogen-bond donors (Lipinski definition) is 1. The summed E-state index contributed by atoms with van der Waals surface area (Å²) >= 11 is 1.96. The first-order chi connectivity index (χ1) is 7.42. The van der Waals surface area contributed by atoms with Crippen molar-refractivity contribution < 1.29 is 0 Å². The van der Waals surface area contributed by atoms with E-state index < -0.39 is 0 Å². The maximum atomic E-state index is 3.63. The van der Waals surface area contributed by atoms with Crippen molar-refractivity contribution in [1.29, 1.82) is 0 Å². The fourth-order valence-corrected chi connectivity index (χ4v) is 2.28. The van der Waals surface area contributed by atoms with Crippen LogP contribution in [0.4, 0.5) is 0 Å². The third-order valence-electron chi connectivity index (χ3n) is 3.57. The van der Waals surface area contributed by atoms with Gasteiger partial charge in [-0.15, -0.1) is 0 Å². The molecule has 0 aliphatic heterocycles. The average Bonchev–Trinajstić information content (AvgIpc) is 2.17. The molecule has 0 aromatic rings. The summed E-state index contributed by atoms with van der Waals surface area (Å²) in [6, 6.07) is 0. The Kier molecular flexibility index (Phi) is 8.57. The summed E-state index contributed by atoms with van der Waals surface area (Å²) in [4.78, 5) is 0. The second-order valence-electron chi connectivity index (χ2n) is 5.93. The van der Waals surface area contributed by atoms with E-state index in [0.29, 0.717) is 5.41 Å². The molecule has 0 saturated heterocycles. The Labute approximate surface area is 107 Å². The minimum Gasteiger partial charge on any atom is -0.316 e. The lowest BCUT2D eigenvalue weighted by Gasteiger charge is -2.34. The molecule has 0 heterocycles. The van der Waals surface area contributed by atoms with Gasteiger partial charge in [0.05, 0.1) is 0 Å². The number of thioether (sulfide) groups is 1. The fourth-order valence-electron chi connectivity index (χ4n) is 1.85. The average molecular weight is 245 g/mol. The van der Waals surface area contributed by atoms with Crippen molar-refractivity contribution in [2.75, 3.05) is 25.1 Å². The van der Waals surface area contributed by atoms with Gasteiger partial charge in [0.2, 0.25) is 0 Å². The zero-order valence-electron chi connectivity index (χ0n) is 12.1. The van der Waals surface area contributed by atoms with Crippen LogP contribution in [0, 0.1) is 17.3 Å². The highest BCUT2D eigenvalue weighted by Crippen LogP contribution is 2.32. The van der Waals surface area contributed by atoms with Crippen molar-refractivity contribution in [1.82, 2.24) is 5.32 Å². The Hall–Kier alpha value is 0.310. The van der Waals surface area contributed by atoms with Crippen LogP contribution in [0.5, 0.6) is 0 Å². The Morgan fingerprint density at radius 1 is 1.19 bits per heavy atom. The SMILES string of the molecule is CSCCCC(C)(CNCC(C)C)C(C)C. The zero-order chi connectivity index (χ0) is 12.6. The highest BCUT2D eigenvalue weighted by Gasteiger charge is 2.27. The molecule has 0 rings (SSSR count). The lowest BCUT2D eigenvalue weighted by Crippen LogP contribution is -2.37. The molecule has 1 N–H and O–H groups in total. The molecule has 1 nitrogen and oxygen atoms in total. The highest BCUT2D eigenvalue weighted by molar-refractivity contribution is 7.98. The van der Waals surface area contributed by atoms with E-state index in [4.69, 9.17) is 0 Å². The standard InChI is InChI=1S/C14H31NS/c1-12(2)10-15-11-14(5,13(3)4)8-7-9-16-6/h12-13,15H,7-11H2,1-6H3. The van der Waals surface area contributed by atoms with Crippen molar-refractivity contribution in [3.63, 3.8) is 0 Å². The van der Waals surface area contributed by atoms with Crippen LogP contribution >= 0.6 is 11.8 Å². The quantitative estimate of drug-likeness (QED) is 0.615. The van der Waals surface area contributed by atoms with Crippen LogP contribution in [-0.4, -0.2) is 25.1 Å². The molecular weight excluding hydrogens is 214 g/mol. The zero-order valence-corrected chi connectivity index (χ0v) is 12.9. The Bertz CT molecular complexity index is 168. The smallest absolute Gasteiger partial charge is 0.000773 e. The van der Waals surface area contributed by atoms with Crippen molar-refractivity contribution in [2.24, 2.45) is 17.3 Å². The van der Waals surface area contributed by atoms with E-state index in [1.165, 1.54) is 18.6 Å². The predicted octanol–water partition coefficient (Wildman–Crippen LogP) is 4.04. The lowest BCUT2D eigenvalue weighted by molar-refractivity contribution is 0.188. The molecule has 0 amide bonds. The van der Waals surface area contributed by atoms with Crippen LogP contribution in [-0.2, 0) is 0 Å². The maximum Gasteiger partial charge on any atom is 0.000773 e. The first-order valence-electron chi connectivity index (χ1n) is 6.62. The molecule has 2 heteroatoms. The molecular formula is C14H31NS. The molecule has 0 aliphatic rings. The van der Waals surface area contributed by atoms with Crippen molar-refractivity contribution in [2.45, 2.75) is 47.5 Å². The van der Waals surface area contributed by atoms with Gasteiger partial charge in [-0.3, -0.25) is 0 Å². The van der Waals surface area contributed by atoms with Gasteiger partial charge in [-0.1, -0.05) is 34.6 Å². The van der Waals surface area contributed by atoms with Gasteiger partial charge in [-0.05, 0) is 48.6 Å². The largest absolute Gasteiger partial charge is 0.316 e. The molecule has 0 aromatic heterocycles. The molecule has 0 spiro atoms. The van der Waals surface area contributed by atoms with Gasteiger partial charge in [-0.2, -0.15) is 11.8 Å². The third kappa shape index (κ3) is 6.80. The number of nitrogens with one attached hydrogen (secondary N) is 1. The van der Waals surface area contributed by atoms with E-state index in [1.54, 1.807) is 0 Å². The van der Waals surface area contributed by atoms with Crippen molar-refractivity contribution in [3.05, 3.63) is 0 Å². The summed E-state index contributed by atoms with van der Waals surface area (Å²) in [6.07, 6.45) is 4.89. The fraction of sp³-hybridized carbons (Fsp3) is 1.00. The van der Waals surface area contributed by atoms with Gasteiger partial charge in [-0.25, -0.2) is 0 Å². The van der Waals surface area contributed by atoms with E-state index in [-0.39, 0.29) is 0 Å². The van der Waals surface area contributed by atoms with E-state index in [2.05, 4.69) is 46.2 Å². The van der Waals surface area contributed by atoms with Crippen LogP contribution in [0.15, 0.2) is 0 Å². The van der Waals surface area contributed by atoms with Gasteiger partial charge in [0.1, 0.15) is 0 Å². The van der Waals surface area contributed by atoms with Gasteiger partial charge >= 0.3 is 0 Å². The summed E-state index contributed by atoms with van der Waals surface area (Å²) < 4.78 is 0. The van der Waals surface area contributed by atoms with Crippen molar-refractivity contribution in [3.8, 4) is 0 Å². The molecule has 1 atom stereocenters. The first-order valence-corrected chi connectivity index (χ1v) is 8.01. The van der Waals surface area contributed by atoms with E-state index >= 15 is 0 Å². The van der Waals surface area contributed by atoms with Crippen LogP contribution < -0.4 is 5.32 Å². The second kappa shape index (κ2) is 8.41. The van der Waals surface area contributed by atoms with E-state index in [9.17, 15) is 0 Å². The van der Waals surface area contributed by atoms with Crippen LogP contribution in [0.3, 0.4) is 0 Å². The molecule has 0 aromatic carbocycles. The lowest BCUT2D eigenvalue weighted by atomic mass is 9.75. The summed E-state index contributed by atoms with van der Waals surface area (Å²) in [7, 11) is 0. The van der Waals surface area contributed by atoms with E-state index in [0.717, 1.165) is 24.9 Å². The third-order valence-corrected chi connectivity index (χ3v) is 4.27. The molecule has 0 radical (unpaired) electrons. The monoisotopic (exact) mass is 245 g/mol. The summed E-state index contributed by atoms with van der Waals surface area (Å²) in [6.45, 7) is 14.0. The van der Waals surface area contributed by atoms with Crippen LogP contribution in [0.2, 0.25) is 0 Å². The Morgan fingerprint density at radius 3 is 2.25 bits per heavy atom. The molecule has 16 heavy (non-hydrogen) atoms. The minimum absolute atomic E-state index is 0.463.